The number of benzene rings is 1. The smallest absolute Gasteiger partial charge is 0.326 e. The number of hydrogen-bond acceptors (Lipinski definition) is 16. The van der Waals surface area contributed by atoms with Crippen LogP contribution in [0.1, 0.15) is 104 Å². The van der Waals surface area contributed by atoms with Crippen molar-refractivity contribution in [3.63, 3.8) is 0 Å². The minimum atomic E-state index is -1.67. The van der Waals surface area contributed by atoms with Crippen molar-refractivity contribution in [3.05, 3.63) is 29.8 Å². The molecule has 1 rings (SSSR count). The van der Waals surface area contributed by atoms with E-state index in [0.717, 1.165) is 0 Å². The van der Waals surface area contributed by atoms with E-state index in [1.807, 2.05) is 0 Å². The molecule has 0 saturated heterocycles. The topological polar surface area (TPSA) is 481 Å². The minimum absolute atomic E-state index is 0.00395. The van der Waals surface area contributed by atoms with Crippen LogP contribution in [0.3, 0.4) is 0 Å². The van der Waals surface area contributed by atoms with E-state index < -0.39 is 158 Å². The van der Waals surface area contributed by atoms with Gasteiger partial charge in [-0.15, -0.1) is 0 Å². The lowest BCUT2D eigenvalue weighted by Gasteiger charge is -2.28. The maximum atomic E-state index is 14.0. The number of phenolic OH excluding ortho intramolecular Hbond substituents is 1. The number of rotatable bonds is 39. The fraction of sp³-hybridized carbons (Fsp3) is 0.633. The number of hydrogen-bond donors (Lipinski definition) is 16. The Labute approximate surface area is 457 Å². The van der Waals surface area contributed by atoms with E-state index in [0.29, 0.717) is 37.1 Å². The SMILES string of the molecule is CC[C@H](C)[C@H](NC(=O)CNC(=O)[C@@H](NC(=O)[C@H](Cc1ccc(O)cc1)NC(=O)[C@@H](N)CCCCN)C(C)C)C(=O)N[C@@H](CCC(=O)O)C(=O)N[C@@H](CCCN=C(N)N)C(=O)N[C@@H](CCC(=O)O)C(=O)N[C@@H](CCSC)C(=O)O. The lowest BCUT2D eigenvalue weighted by Crippen LogP contribution is -2.60. The van der Waals surface area contributed by atoms with E-state index in [1.165, 1.54) is 23.9 Å². The number of aromatic hydroxyl groups is 1. The van der Waals surface area contributed by atoms with Gasteiger partial charge in [-0.3, -0.25) is 52.9 Å². The molecule has 0 aliphatic carbocycles. The monoisotopic (exact) mass is 1120 g/mol. The van der Waals surface area contributed by atoms with Crippen molar-refractivity contribution >= 4 is 82.9 Å². The van der Waals surface area contributed by atoms with E-state index in [1.54, 1.807) is 46.1 Å². The summed E-state index contributed by atoms with van der Waals surface area (Å²) in [6, 6.07) is -5.18. The number of carboxylic acid groups (broad SMARTS) is 3. The fourth-order valence-electron chi connectivity index (χ4n) is 7.41. The molecule has 0 aliphatic heterocycles. The molecular formula is C49H81N13O15S. The largest absolute Gasteiger partial charge is 0.508 e. The van der Waals surface area contributed by atoms with E-state index in [-0.39, 0.29) is 50.4 Å². The number of guanidine groups is 1. The van der Waals surface area contributed by atoms with Crippen molar-refractivity contribution in [2.24, 2.45) is 39.8 Å². The van der Waals surface area contributed by atoms with E-state index in [2.05, 4.69) is 47.5 Å². The summed E-state index contributed by atoms with van der Waals surface area (Å²) in [5.74, 6) is -12.5. The molecule has 0 spiro atoms. The van der Waals surface area contributed by atoms with Gasteiger partial charge < -0.3 is 85.9 Å². The number of amides is 8. The number of nitrogens with zero attached hydrogens (tertiary/aromatic N) is 1. The summed E-state index contributed by atoms with van der Waals surface area (Å²) >= 11 is 1.31. The van der Waals surface area contributed by atoms with Crippen LogP contribution in [0.15, 0.2) is 29.3 Å². The molecule has 29 heteroatoms. The van der Waals surface area contributed by atoms with Gasteiger partial charge in [0.05, 0.1) is 12.6 Å². The van der Waals surface area contributed by atoms with Gasteiger partial charge in [0.1, 0.15) is 48.0 Å². The first-order chi connectivity index (χ1) is 36.7. The first-order valence-corrected chi connectivity index (χ1v) is 27.0. The molecule has 0 aromatic heterocycles. The number of phenols is 1. The summed E-state index contributed by atoms with van der Waals surface area (Å²) < 4.78 is 0. The second-order valence-electron chi connectivity index (χ2n) is 18.9. The van der Waals surface area contributed by atoms with Gasteiger partial charge in [0, 0.05) is 25.8 Å². The summed E-state index contributed by atoms with van der Waals surface area (Å²) in [4.78, 5) is 148. The molecule has 0 bridgehead atoms. The fourth-order valence-corrected chi connectivity index (χ4v) is 7.88. The molecule has 0 aliphatic rings. The van der Waals surface area contributed by atoms with Crippen LogP contribution in [0.25, 0.3) is 0 Å². The summed E-state index contributed by atoms with van der Waals surface area (Å²) in [6.07, 6.45) is 0.880. The van der Waals surface area contributed by atoms with E-state index in [9.17, 15) is 73.2 Å². The molecule has 0 heterocycles. The number of carboxylic acids is 3. The van der Waals surface area contributed by atoms with Crippen molar-refractivity contribution in [2.75, 3.05) is 31.6 Å². The Balaban J connectivity index is 3.39. The second kappa shape index (κ2) is 36.7. The van der Waals surface area contributed by atoms with Gasteiger partial charge in [0.15, 0.2) is 5.96 Å². The number of nitrogens with two attached hydrogens (primary N) is 4. The maximum Gasteiger partial charge on any atom is 0.326 e. The van der Waals surface area contributed by atoms with Crippen LogP contribution in [0, 0.1) is 11.8 Å². The molecule has 1 aromatic carbocycles. The summed E-state index contributed by atoms with van der Waals surface area (Å²) in [6.45, 7) is 6.16. The zero-order valence-corrected chi connectivity index (χ0v) is 45.7. The average Bonchev–Trinajstić information content (AvgIpc) is 3.37. The zero-order chi connectivity index (χ0) is 59.1. The number of unbranched alkanes of at least 4 members (excludes halogenated alkanes) is 1. The van der Waals surface area contributed by atoms with Gasteiger partial charge in [-0.25, -0.2) is 4.79 Å². The predicted octanol–water partition coefficient (Wildman–Crippen LogP) is -2.78. The lowest BCUT2D eigenvalue weighted by molar-refractivity contribution is -0.143. The summed E-state index contributed by atoms with van der Waals surface area (Å²) in [5, 5.41) is 58.3. The Morgan fingerprint density at radius 1 is 0.603 bits per heavy atom. The van der Waals surface area contributed by atoms with Gasteiger partial charge in [0.25, 0.3) is 0 Å². The molecule has 0 radical (unpaired) electrons. The average molecular weight is 1120 g/mol. The highest BCUT2D eigenvalue weighted by Gasteiger charge is 2.35. The number of aliphatic carboxylic acids is 3. The van der Waals surface area contributed by atoms with Crippen LogP contribution in [0.5, 0.6) is 5.75 Å². The quantitative estimate of drug-likeness (QED) is 0.0180. The Bertz CT molecular complexity index is 2200. The molecule has 28 nitrogen and oxygen atoms in total. The third kappa shape index (κ3) is 27.2. The molecule has 438 valence electrons. The number of nitrogens with one attached hydrogen (secondary N) is 8. The van der Waals surface area contributed by atoms with E-state index in [4.69, 9.17) is 22.9 Å². The van der Waals surface area contributed by atoms with Gasteiger partial charge in [-0.1, -0.05) is 52.7 Å². The number of carbonyl (C=O) groups is 11. The maximum absolute atomic E-state index is 14.0. The first kappa shape index (κ1) is 68.7. The molecule has 0 unspecified atom stereocenters. The van der Waals surface area contributed by atoms with Crippen LogP contribution < -0.4 is 65.5 Å². The molecule has 9 atom stereocenters. The number of aliphatic imine (C=N–C) groups is 1. The van der Waals surface area contributed by atoms with Crippen LogP contribution in [-0.4, -0.2) is 172 Å². The molecular weight excluding hydrogens is 1040 g/mol. The molecule has 20 N–H and O–H groups in total. The molecule has 8 amide bonds. The Morgan fingerprint density at radius 3 is 1.60 bits per heavy atom. The number of carbonyl (C=O) groups excluding carboxylic acids is 8. The standard InChI is InChI=1S/C49H81N13O15S/c1-6-27(4)40(61-36(64)25-55-46(74)39(26(2)3)62-45(73)35(24-28-12-14-29(63)15-13-28)60-41(69)30(51)10-7-8-21-50)47(75)58-33(17-19-38(67)68)43(71)56-31(11-9-22-54-49(52)53)42(70)57-32(16-18-37(65)66)44(72)59-34(48(76)77)20-23-78-5/h12-15,26-27,30-35,39-40,63H,6-11,16-25,50-51H2,1-5H3,(H,55,74)(H,56,71)(H,57,70)(H,58,75)(H,59,72)(H,60,69)(H,61,64)(H,62,73)(H,65,66)(H,67,68)(H,76,77)(H4,52,53,54)/t27-,30-,31-,32-,33-,34-,35-,39-,40-/m0/s1. The number of thioether (sulfide) groups is 1. The Hall–Kier alpha value is -7.27. The highest BCUT2D eigenvalue weighted by molar-refractivity contribution is 7.98. The van der Waals surface area contributed by atoms with Crippen LogP contribution in [0.4, 0.5) is 0 Å². The highest BCUT2D eigenvalue weighted by Crippen LogP contribution is 2.15. The second-order valence-corrected chi connectivity index (χ2v) is 19.9. The first-order valence-electron chi connectivity index (χ1n) is 25.6. The predicted molar refractivity (Wildman–Crippen MR) is 288 cm³/mol. The minimum Gasteiger partial charge on any atom is -0.508 e. The molecule has 0 fully saturated rings. The van der Waals surface area contributed by atoms with Crippen molar-refractivity contribution in [2.45, 2.75) is 153 Å². The van der Waals surface area contributed by atoms with Crippen LogP contribution in [0.2, 0.25) is 0 Å². The van der Waals surface area contributed by atoms with Gasteiger partial charge in [0.2, 0.25) is 47.3 Å². The third-order valence-corrected chi connectivity index (χ3v) is 12.8. The Morgan fingerprint density at radius 2 is 1.12 bits per heavy atom. The highest BCUT2D eigenvalue weighted by atomic mass is 32.2. The molecule has 78 heavy (non-hydrogen) atoms. The van der Waals surface area contributed by atoms with Gasteiger partial charge >= 0.3 is 17.9 Å². The van der Waals surface area contributed by atoms with Crippen molar-refractivity contribution in [3.8, 4) is 5.75 Å². The third-order valence-electron chi connectivity index (χ3n) is 12.2. The van der Waals surface area contributed by atoms with Gasteiger partial charge in [-0.05, 0) is 93.0 Å². The normalized spacial score (nSPS) is 14.5. The van der Waals surface area contributed by atoms with E-state index >= 15 is 0 Å². The van der Waals surface area contributed by atoms with Crippen LogP contribution in [-0.2, 0) is 59.2 Å². The van der Waals surface area contributed by atoms with Gasteiger partial charge in [-0.2, -0.15) is 11.8 Å². The van der Waals surface area contributed by atoms with Crippen molar-refractivity contribution < 1.29 is 73.2 Å². The molecule has 0 saturated carbocycles. The molecule has 1 aromatic rings. The summed E-state index contributed by atoms with van der Waals surface area (Å²) in [5.41, 5.74) is 23.1. The van der Waals surface area contributed by atoms with Crippen molar-refractivity contribution in [1.29, 1.82) is 0 Å². The summed E-state index contributed by atoms with van der Waals surface area (Å²) in [7, 11) is 0. The van der Waals surface area contributed by atoms with Crippen LogP contribution >= 0.6 is 11.8 Å². The lowest BCUT2D eigenvalue weighted by atomic mass is 9.97. The zero-order valence-electron chi connectivity index (χ0n) is 44.8. The Kier molecular flexibility index (Phi) is 32.4. The van der Waals surface area contributed by atoms with Crippen molar-refractivity contribution in [1.82, 2.24) is 42.5 Å².